The Morgan fingerprint density at radius 3 is 2.56 bits per heavy atom. The Kier molecular flexibility index (Phi) is 2.77. The van der Waals surface area contributed by atoms with Crippen molar-refractivity contribution >= 4 is 22.4 Å². The molecule has 0 amide bonds. The summed E-state index contributed by atoms with van der Waals surface area (Å²) in [4.78, 5) is 10.7. The minimum Gasteiger partial charge on any atom is -0.480 e. The fourth-order valence-corrected chi connectivity index (χ4v) is 1.59. The van der Waals surface area contributed by atoms with Crippen LogP contribution in [0.5, 0.6) is 0 Å². The van der Waals surface area contributed by atoms with Crippen molar-refractivity contribution < 1.29 is 9.90 Å². The Hall–Kier alpha value is -2.03. The molecule has 0 aliphatic rings. The molecule has 0 bridgehead atoms. The third-order valence-electron chi connectivity index (χ3n) is 2.50. The van der Waals surface area contributed by atoms with Crippen LogP contribution in [0.3, 0.4) is 0 Å². The van der Waals surface area contributed by atoms with Crippen molar-refractivity contribution in [1.82, 2.24) is 0 Å². The number of nitrogens with one attached hydrogen (secondary N) is 1. The van der Waals surface area contributed by atoms with Crippen molar-refractivity contribution in [2.24, 2.45) is 0 Å². The Balaban J connectivity index is 2.29. The highest BCUT2D eigenvalue weighted by atomic mass is 16.4. The van der Waals surface area contributed by atoms with Gasteiger partial charge in [0.25, 0.3) is 0 Å². The smallest absolute Gasteiger partial charge is 0.325 e. The third-order valence-corrected chi connectivity index (χ3v) is 2.50. The van der Waals surface area contributed by atoms with E-state index in [-0.39, 0.29) is 0 Å². The van der Waals surface area contributed by atoms with Gasteiger partial charge >= 0.3 is 5.97 Å². The predicted octanol–water partition coefficient (Wildman–Crippen LogP) is 2.72. The number of benzene rings is 2. The van der Waals surface area contributed by atoms with Crippen molar-refractivity contribution in [2.45, 2.75) is 13.0 Å². The van der Waals surface area contributed by atoms with Crippen molar-refractivity contribution in [3.05, 3.63) is 42.5 Å². The van der Waals surface area contributed by atoms with Crippen LogP contribution < -0.4 is 5.32 Å². The van der Waals surface area contributed by atoms with Crippen LogP contribution in [0.2, 0.25) is 0 Å². The molecule has 2 N–H and O–H groups in total. The van der Waals surface area contributed by atoms with Gasteiger partial charge in [-0.25, -0.2) is 0 Å². The number of carboxylic acid groups (broad SMARTS) is 1. The molecule has 0 aromatic heterocycles. The fraction of sp³-hybridized carbons (Fsp3) is 0.154. The molecule has 2 aromatic rings. The zero-order valence-corrected chi connectivity index (χ0v) is 8.97. The van der Waals surface area contributed by atoms with Gasteiger partial charge in [-0.3, -0.25) is 4.79 Å². The molecule has 1 atom stereocenters. The first-order valence-corrected chi connectivity index (χ1v) is 5.15. The minimum absolute atomic E-state index is 0.582. The van der Waals surface area contributed by atoms with Gasteiger partial charge in [-0.1, -0.05) is 30.3 Å². The van der Waals surface area contributed by atoms with Gasteiger partial charge in [0, 0.05) is 5.69 Å². The van der Waals surface area contributed by atoms with Gasteiger partial charge in [-0.05, 0) is 29.8 Å². The van der Waals surface area contributed by atoms with Gasteiger partial charge in [0.2, 0.25) is 0 Å². The first-order chi connectivity index (χ1) is 7.66. The second-order valence-corrected chi connectivity index (χ2v) is 3.77. The number of fused-ring (bicyclic) bond motifs is 1. The molecule has 16 heavy (non-hydrogen) atoms. The standard InChI is InChI=1S/C13H13NO2/c1-9(13(15)16)14-12-7-6-10-4-2-3-5-11(10)8-12/h2-9,14H,1H3,(H,15,16). The zero-order chi connectivity index (χ0) is 11.5. The first-order valence-electron chi connectivity index (χ1n) is 5.15. The summed E-state index contributed by atoms with van der Waals surface area (Å²) >= 11 is 0. The molecule has 82 valence electrons. The summed E-state index contributed by atoms with van der Waals surface area (Å²) in [5.74, 6) is -0.854. The van der Waals surface area contributed by atoms with E-state index >= 15 is 0 Å². The molecule has 0 aliphatic heterocycles. The molecule has 3 nitrogen and oxygen atoms in total. The largest absolute Gasteiger partial charge is 0.480 e. The van der Waals surface area contributed by atoms with Gasteiger partial charge in [-0.2, -0.15) is 0 Å². The van der Waals surface area contributed by atoms with Crippen molar-refractivity contribution in [1.29, 1.82) is 0 Å². The van der Waals surface area contributed by atoms with Crippen LogP contribution in [0.4, 0.5) is 5.69 Å². The molecule has 2 aromatic carbocycles. The van der Waals surface area contributed by atoms with Crippen molar-refractivity contribution in [3.8, 4) is 0 Å². The second-order valence-electron chi connectivity index (χ2n) is 3.77. The summed E-state index contributed by atoms with van der Waals surface area (Å²) < 4.78 is 0. The average Bonchev–Trinajstić information content (AvgIpc) is 2.28. The maximum absolute atomic E-state index is 10.7. The summed E-state index contributed by atoms with van der Waals surface area (Å²) in [6.45, 7) is 1.62. The van der Waals surface area contributed by atoms with Gasteiger partial charge in [0.15, 0.2) is 0 Å². The van der Waals surface area contributed by atoms with Crippen molar-refractivity contribution in [2.75, 3.05) is 5.32 Å². The Morgan fingerprint density at radius 1 is 1.19 bits per heavy atom. The molecule has 0 spiro atoms. The van der Waals surface area contributed by atoms with E-state index in [9.17, 15) is 4.79 Å². The third kappa shape index (κ3) is 2.14. The number of anilines is 1. The number of aliphatic carboxylic acids is 1. The fourth-order valence-electron chi connectivity index (χ4n) is 1.59. The molecule has 0 fully saturated rings. The topological polar surface area (TPSA) is 49.3 Å². The molecule has 0 saturated carbocycles. The lowest BCUT2D eigenvalue weighted by Crippen LogP contribution is -2.25. The summed E-state index contributed by atoms with van der Waals surface area (Å²) in [7, 11) is 0. The molecule has 0 radical (unpaired) electrons. The van der Waals surface area contributed by atoms with E-state index in [1.807, 2.05) is 42.5 Å². The summed E-state index contributed by atoms with van der Waals surface area (Å²) in [6, 6.07) is 13.2. The van der Waals surface area contributed by atoms with Crippen LogP contribution in [0.25, 0.3) is 10.8 Å². The van der Waals surface area contributed by atoms with Crippen LogP contribution in [-0.2, 0) is 4.79 Å². The van der Waals surface area contributed by atoms with Crippen LogP contribution in [0, 0.1) is 0 Å². The highest BCUT2D eigenvalue weighted by Crippen LogP contribution is 2.19. The second kappa shape index (κ2) is 4.23. The summed E-state index contributed by atoms with van der Waals surface area (Å²) in [5, 5.41) is 14.0. The van der Waals surface area contributed by atoms with E-state index in [2.05, 4.69) is 5.32 Å². The molecular formula is C13H13NO2. The van der Waals surface area contributed by atoms with Crippen LogP contribution in [-0.4, -0.2) is 17.1 Å². The lowest BCUT2D eigenvalue weighted by atomic mass is 10.1. The molecule has 2 rings (SSSR count). The highest BCUT2D eigenvalue weighted by Gasteiger charge is 2.09. The molecule has 0 heterocycles. The molecule has 0 aliphatic carbocycles. The lowest BCUT2D eigenvalue weighted by molar-refractivity contribution is -0.137. The average molecular weight is 215 g/mol. The SMILES string of the molecule is CC(Nc1ccc2ccccc2c1)C(=O)O. The lowest BCUT2D eigenvalue weighted by Gasteiger charge is -2.11. The highest BCUT2D eigenvalue weighted by molar-refractivity contribution is 5.86. The number of carbonyl (C=O) groups is 1. The van der Waals surface area contributed by atoms with Crippen LogP contribution in [0.1, 0.15) is 6.92 Å². The van der Waals surface area contributed by atoms with Gasteiger partial charge in [0.05, 0.1) is 0 Å². The quantitative estimate of drug-likeness (QED) is 0.827. The van der Waals surface area contributed by atoms with E-state index in [1.54, 1.807) is 6.92 Å². The van der Waals surface area contributed by atoms with Gasteiger partial charge < -0.3 is 10.4 Å². The van der Waals surface area contributed by atoms with Crippen LogP contribution in [0.15, 0.2) is 42.5 Å². The molecular weight excluding hydrogens is 202 g/mol. The van der Waals surface area contributed by atoms with Gasteiger partial charge in [-0.15, -0.1) is 0 Å². The minimum atomic E-state index is -0.854. The van der Waals surface area contributed by atoms with E-state index in [0.717, 1.165) is 16.5 Å². The maximum Gasteiger partial charge on any atom is 0.325 e. The van der Waals surface area contributed by atoms with E-state index < -0.39 is 12.0 Å². The number of rotatable bonds is 3. The maximum atomic E-state index is 10.7. The van der Waals surface area contributed by atoms with E-state index in [0.29, 0.717) is 0 Å². The Labute approximate surface area is 93.7 Å². The number of hydrogen-bond donors (Lipinski definition) is 2. The summed E-state index contributed by atoms with van der Waals surface area (Å²) in [5.41, 5.74) is 0.827. The Bertz CT molecular complexity index is 522. The van der Waals surface area contributed by atoms with E-state index in [4.69, 9.17) is 5.11 Å². The molecule has 1 unspecified atom stereocenters. The molecule has 0 saturated heterocycles. The first kappa shape index (κ1) is 10.5. The predicted molar refractivity (Wildman–Crippen MR) is 64.7 cm³/mol. The number of hydrogen-bond acceptors (Lipinski definition) is 2. The van der Waals surface area contributed by atoms with Crippen LogP contribution >= 0.6 is 0 Å². The summed E-state index contributed by atoms with van der Waals surface area (Å²) in [6.07, 6.45) is 0. The van der Waals surface area contributed by atoms with Gasteiger partial charge in [0.1, 0.15) is 6.04 Å². The molecule has 3 heteroatoms. The zero-order valence-electron chi connectivity index (χ0n) is 8.97. The normalized spacial score (nSPS) is 12.3. The Morgan fingerprint density at radius 2 is 1.88 bits per heavy atom. The number of carboxylic acids is 1. The van der Waals surface area contributed by atoms with E-state index in [1.165, 1.54) is 0 Å². The monoisotopic (exact) mass is 215 g/mol. The van der Waals surface area contributed by atoms with Crippen molar-refractivity contribution in [3.63, 3.8) is 0 Å².